The van der Waals surface area contributed by atoms with Crippen molar-refractivity contribution in [3.05, 3.63) is 11.7 Å². The third-order valence-electron chi connectivity index (χ3n) is 4.03. The number of methoxy groups -OCH3 is 1. The second kappa shape index (κ2) is 4.60. The Bertz CT molecular complexity index is 416. The summed E-state index contributed by atoms with van der Waals surface area (Å²) in [7, 11) is 1.64. The van der Waals surface area contributed by atoms with Crippen LogP contribution in [0.4, 0.5) is 0 Å². The maximum atomic E-state index is 6.04. The van der Waals surface area contributed by atoms with E-state index >= 15 is 0 Å². The highest BCUT2D eigenvalue weighted by atomic mass is 16.5. The van der Waals surface area contributed by atoms with Gasteiger partial charge in [-0.05, 0) is 20.3 Å². The van der Waals surface area contributed by atoms with Crippen molar-refractivity contribution in [1.29, 1.82) is 0 Å². The number of rotatable bonds is 4. The summed E-state index contributed by atoms with van der Waals surface area (Å²) in [5, 5.41) is 4.03. The van der Waals surface area contributed by atoms with Crippen molar-refractivity contribution in [1.82, 2.24) is 10.1 Å². The van der Waals surface area contributed by atoms with Crippen LogP contribution in [0.25, 0.3) is 0 Å². The minimum Gasteiger partial charge on any atom is -0.379 e. The quantitative estimate of drug-likeness (QED) is 0.862. The predicted octanol–water partition coefficient (Wildman–Crippen LogP) is 0.956. The van der Waals surface area contributed by atoms with Crippen molar-refractivity contribution in [2.24, 2.45) is 5.73 Å². The molecule has 6 nitrogen and oxygen atoms in total. The van der Waals surface area contributed by atoms with E-state index in [0.29, 0.717) is 24.9 Å². The van der Waals surface area contributed by atoms with E-state index < -0.39 is 11.0 Å². The lowest BCUT2D eigenvalue weighted by molar-refractivity contribution is -0.0106. The van der Waals surface area contributed by atoms with Crippen LogP contribution >= 0.6 is 0 Å². The van der Waals surface area contributed by atoms with Crippen LogP contribution in [0.1, 0.15) is 38.9 Å². The van der Waals surface area contributed by atoms with Crippen LogP contribution in [0.3, 0.4) is 0 Å². The monoisotopic (exact) mass is 255 g/mol. The zero-order valence-corrected chi connectivity index (χ0v) is 11.4. The number of aromatic nitrogens is 2. The van der Waals surface area contributed by atoms with Gasteiger partial charge in [0.1, 0.15) is 5.60 Å². The first-order chi connectivity index (χ1) is 8.46. The lowest BCUT2D eigenvalue weighted by Crippen LogP contribution is -2.42. The molecule has 0 saturated carbocycles. The Balaban J connectivity index is 2.31. The molecule has 102 valence electrons. The van der Waals surface area contributed by atoms with Crippen LogP contribution in [0.5, 0.6) is 0 Å². The second-order valence-corrected chi connectivity index (χ2v) is 5.25. The molecule has 6 heteroatoms. The van der Waals surface area contributed by atoms with Crippen LogP contribution in [0.15, 0.2) is 4.52 Å². The van der Waals surface area contributed by atoms with Gasteiger partial charge in [-0.15, -0.1) is 0 Å². The molecule has 1 aliphatic heterocycles. The summed E-state index contributed by atoms with van der Waals surface area (Å²) in [5.41, 5.74) is 5.11. The van der Waals surface area contributed by atoms with Crippen molar-refractivity contribution in [2.45, 2.75) is 44.2 Å². The normalized spacial score (nSPS) is 31.5. The number of ether oxygens (including phenoxy) is 2. The number of nitrogens with zero attached hydrogens (tertiary/aromatic N) is 2. The van der Waals surface area contributed by atoms with Crippen molar-refractivity contribution in [2.75, 3.05) is 20.3 Å². The molecule has 0 amide bonds. The first-order valence-electron chi connectivity index (χ1n) is 6.19. The molecule has 1 aromatic rings. The summed E-state index contributed by atoms with van der Waals surface area (Å²) < 4.78 is 16.2. The molecule has 0 aromatic carbocycles. The molecular formula is C12H21N3O3. The fourth-order valence-electron chi connectivity index (χ4n) is 1.97. The molecule has 1 fully saturated rings. The highest BCUT2D eigenvalue weighted by molar-refractivity contribution is 5.13. The summed E-state index contributed by atoms with van der Waals surface area (Å²) in [6, 6.07) is -0.124. The van der Waals surface area contributed by atoms with E-state index in [1.54, 1.807) is 7.11 Å². The first-order valence-corrected chi connectivity index (χ1v) is 6.19. The van der Waals surface area contributed by atoms with Crippen LogP contribution in [-0.2, 0) is 20.5 Å². The number of hydrogen-bond donors (Lipinski definition) is 1. The van der Waals surface area contributed by atoms with Gasteiger partial charge in [0.15, 0.2) is 0 Å². The van der Waals surface area contributed by atoms with Crippen LogP contribution in [0.2, 0.25) is 0 Å². The lowest BCUT2D eigenvalue weighted by atomic mass is 9.86. The Labute approximate surface area is 107 Å². The molecule has 3 atom stereocenters. The molecule has 0 spiro atoms. The van der Waals surface area contributed by atoms with E-state index in [9.17, 15) is 0 Å². The first kappa shape index (κ1) is 13.5. The Kier molecular flexibility index (Phi) is 3.44. The van der Waals surface area contributed by atoms with E-state index in [1.807, 2.05) is 20.8 Å². The number of nitrogens with two attached hydrogens (primary N) is 1. The van der Waals surface area contributed by atoms with E-state index in [-0.39, 0.29) is 6.04 Å². The smallest absolute Gasteiger partial charge is 0.236 e. The molecule has 2 N–H and O–H groups in total. The van der Waals surface area contributed by atoms with Crippen molar-refractivity contribution in [3.63, 3.8) is 0 Å². The Hall–Kier alpha value is -0.980. The molecule has 2 rings (SSSR count). The summed E-state index contributed by atoms with van der Waals surface area (Å²) in [6.45, 7) is 6.97. The molecular weight excluding hydrogens is 234 g/mol. The van der Waals surface area contributed by atoms with Gasteiger partial charge >= 0.3 is 0 Å². The molecule has 0 radical (unpaired) electrons. The topological polar surface area (TPSA) is 83.4 Å². The molecule has 0 bridgehead atoms. The van der Waals surface area contributed by atoms with Crippen molar-refractivity contribution < 1.29 is 14.0 Å². The highest BCUT2D eigenvalue weighted by Gasteiger charge is 2.45. The van der Waals surface area contributed by atoms with Gasteiger partial charge in [0.2, 0.25) is 11.7 Å². The highest BCUT2D eigenvalue weighted by Crippen LogP contribution is 2.33. The van der Waals surface area contributed by atoms with Crippen LogP contribution < -0.4 is 5.73 Å². The summed E-state index contributed by atoms with van der Waals surface area (Å²) >= 11 is 0. The maximum absolute atomic E-state index is 6.04. The molecule has 2 heterocycles. The fraction of sp³-hybridized carbons (Fsp3) is 0.833. The molecule has 0 aliphatic carbocycles. The lowest BCUT2D eigenvalue weighted by Gasteiger charge is -2.23. The van der Waals surface area contributed by atoms with Crippen LogP contribution in [0, 0.1) is 0 Å². The minimum atomic E-state index is -0.526. The zero-order chi connectivity index (χ0) is 13.4. The maximum Gasteiger partial charge on any atom is 0.236 e. The van der Waals surface area contributed by atoms with Gasteiger partial charge in [0.25, 0.3) is 0 Å². The number of hydrogen-bond acceptors (Lipinski definition) is 6. The summed E-state index contributed by atoms with van der Waals surface area (Å²) in [4.78, 5) is 4.47. The average Bonchev–Trinajstić information content (AvgIpc) is 2.98. The molecule has 3 unspecified atom stereocenters. The fourth-order valence-corrected chi connectivity index (χ4v) is 1.97. The molecule has 1 saturated heterocycles. The zero-order valence-electron chi connectivity index (χ0n) is 11.4. The van der Waals surface area contributed by atoms with Crippen molar-refractivity contribution >= 4 is 0 Å². The predicted molar refractivity (Wildman–Crippen MR) is 65.1 cm³/mol. The van der Waals surface area contributed by atoms with Gasteiger partial charge in [-0.2, -0.15) is 4.98 Å². The van der Waals surface area contributed by atoms with Gasteiger partial charge < -0.3 is 19.7 Å². The SMILES string of the molecule is CCC(C)(OC)c1noc(C2(C)COCC2N)n1. The average molecular weight is 255 g/mol. The van der Waals surface area contributed by atoms with Crippen molar-refractivity contribution in [3.8, 4) is 0 Å². The summed E-state index contributed by atoms with van der Waals surface area (Å²) in [6.07, 6.45) is 0.766. The Morgan fingerprint density at radius 1 is 1.61 bits per heavy atom. The van der Waals surface area contributed by atoms with E-state index in [0.717, 1.165) is 6.42 Å². The third-order valence-corrected chi connectivity index (χ3v) is 4.03. The molecule has 1 aromatic heterocycles. The van der Waals surface area contributed by atoms with Crippen LogP contribution in [-0.4, -0.2) is 36.5 Å². The third kappa shape index (κ3) is 1.94. The van der Waals surface area contributed by atoms with Gasteiger partial charge in [0, 0.05) is 13.2 Å². The van der Waals surface area contributed by atoms with Gasteiger partial charge in [-0.25, -0.2) is 0 Å². The Morgan fingerprint density at radius 2 is 2.33 bits per heavy atom. The Morgan fingerprint density at radius 3 is 2.83 bits per heavy atom. The molecule has 18 heavy (non-hydrogen) atoms. The summed E-state index contributed by atoms with van der Waals surface area (Å²) in [5.74, 6) is 1.09. The standard InChI is InChI=1S/C12H21N3O3/c1-5-12(3,16-4)9-14-10(18-15-9)11(2)7-17-6-8(11)13/h8H,5-7,13H2,1-4H3. The van der Waals surface area contributed by atoms with E-state index in [1.165, 1.54) is 0 Å². The molecule has 1 aliphatic rings. The van der Waals surface area contributed by atoms with Gasteiger partial charge in [0.05, 0.1) is 18.6 Å². The van der Waals surface area contributed by atoms with E-state index in [4.69, 9.17) is 19.7 Å². The van der Waals surface area contributed by atoms with E-state index in [2.05, 4.69) is 10.1 Å². The minimum absolute atomic E-state index is 0.124. The van der Waals surface area contributed by atoms with Gasteiger partial charge in [-0.3, -0.25) is 0 Å². The second-order valence-electron chi connectivity index (χ2n) is 5.25. The largest absolute Gasteiger partial charge is 0.379 e. The van der Waals surface area contributed by atoms with Gasteiger partial charge in [-0.1, -0.05) is 12.1 Å².